The van der Waals surface area contributed by atoms with Crippen LogP contribution in [0.25, 0.3) is 0 Å². The lowest BCUT2D eigenvalue weighted by Crippen LogP contribution is -2.40. The molecule has 5 heteroatoms. The molecular formula is C15H21NO4. The number of ether oxygens (including phenoxy) is 1. The molecule has 0 saturated carbocycles. The molecule has 1 amide bonds. The van der Waals surface area contributed by atoms with Crippen molar-refractivity contribution in [3.63, 3.8) is 0 Å². The Bertz CT molecular complexity index is 442. The maximum absolute atomic E-state index is 11.9. The van der Waals surface area contributed by atoms with Crippen LogP contribution in [0.3, 0.4) is 0 Å². The number of carboxylic acids is 1. The van der Waals surface area contributed by atoms with Gasteiger partial charge >= 0.3 is 5.97 Å². The molecule has 0 saturated heterocycles. The summed E-state index contributed by atoms with van der Waals surface area (Å²) in [7, 11) is 0. The molecule has 1 aromatic rings. The van der Waals surface area contributed by atoms with Gasteiger partial charge in [-0.1, -0.05) is 20.3 Å². The van der Waals surface area contributed by atoms with Gasteiger partial charge in [0.1, 0.15) is 11.8 Å². The number of nitrogens with one attached hydrogen (secondary N) is 1. The van der Waals surface area contributed by atoms with Gasteiger partial charge in [0.2, 0.25) is 0 Å². The van der Waals surface area contributed by atoms with E-state index in [0.29, 0.717) is 24.3 Å². The van der Waals surface area contributed by atoms with E-state index in [1.807, 2.05) is 0 Å². The third kappa shape index (κ3) is 4.91. The number of aliphatic carboxylic acids is 1. The number of unbranched alkanes of at least 4 members (excludes halogenated alkanes) is 1. The molecule has 1 unspecified atom stereocenters. The van der Waals surface area contributed by atoms with E-state index in [2.05, 4.69) is 12.2 Å². The lowest BCUT2D eigenvalue weighted by Gasteiger charge is -2.12. The van der Waals surface area contributed by atoms with Crippen LogP contribution >= 0.6 is 0 Å². The van der Waals surface area contributed by atoms with Crippen molar-refractivity contribution in [1.29, 1.82) is 0 Å². The zero-order valence-electron chi connectivity index (χ0n) is 11.9. The molecule has 0 heterocycles. The molecule has 0 fully saturated rings. The highest BCUT2D eigenvalue weighted by atomic mass is 16.5. The summed E-state index contributed by atoms with van der Waals surface area (Å²) in [5, 5.41) is 11.4. The topological polar surface area (TPSA) is 75.6 Å². The van der Waals surface area contributed by atoms with E-state index in [0.717, 1.165) is 12.8 Å². The fourth-order valence-electron chi connectivity index (χ4n) is 1.62. The second-order valence-electron chi connectivity index (χ2n) is 4.50. The molecule has 0 aliphatic carbocycles. The van der Waals surface area contributed by atoms with E-state index in [-0.39, 0.29) is 5.91 Å². The number of carboxylic acid groups (broad SMARTS) is 1. The molecular weight excluding hydrogens is 258 g/mol. The smallest absolute Gasteiger partial charge is 0.326 e. The van der Waals surface area contributed by atoms with Crippen LogP contribution in [-0.4, -0.2) is 29.6 Å². The minimum atomic E-state index is -1.03. The SMILES string of the molecule is CCCCOc1ccc(C(=O)NC(CC)C(=O)O)cc1. The van der Waals surface area contributed by atoms with Crippen LogP contribution in [0.1, 0.15) is 43.5 Å². The Morgan fingerprint density at radius 2 is 1.90 bits per heavy atom. The maximum Gasteiger partial charge on any atom is 0.326 e. The Balaban J connectivity index is 2.59. The molecule has 0 aliphatic heterocycles. The average molecular weight is 279 g/mol. The van der Waals surface area contributed by atoms with Crippen molar-refractivity contribution in [1.82, 2.24) is 5.32 Å². The van der Waals surface area contributed by atoms with Gasteiger partial charge < -0.3 is 15.2 Å². The van der Waals surface area contributed by atoms with Crippen molar-refractivity contribution in [3.05, 3.63) is 29.8 Å². The molecule has 110 valence electrons. The second kappa shape index (κ2) is 8.19. The predicted octanol–water partition coefficient (Wildman–Crippen LogP) is 2.46. The average Bonchev–Trinajstić information content (AvgIpc) is 2.45. The van der Waals surface area contributed by atoms with Crippen LogP contribution < -0.4 is 10.1 Å². The molecule has 0 aromatic heterocycles. The Labute approximate surface area is 118 Å². The molecule has 2 N–H and O–H groups in total. The zero-order chi connectivity index (χ0) is 15.0. The number of benzene rings is 1. The van der Waals surface area contributed by atoms with Gasteiger partial charge in [0.25, 0.3) is 5.91 Å². The van der Waals surface area contributed by atoms with Crippen molar-refractivity contribution < 1.29 is 19.4 Å². The van der Waals surface area contributed by atoms with E-state index >= 15 is 0 Å². The molecule has 5 nitrogen and oxygen atoms in total. The van der Waals surface area contributed by atoms with Gasteiger partial charge in [-0.15, -0.1) is 0 Å². The Hall–Kier alpha value is -2.04. The molecule has 0 spiro atoms. The van der Waals surface area contributed by atoms with E-state index in [1.165, 1.54) is 0 Å². The van der Waals surface area contributed by atoms with E-state index in [4.69, 9.17) is 9.84 Å². The first-order valence-electron chi connectivity index (χ1n) is 6.85. The first-order valence-corrected chi connectivity index (χ1v) is 6.85. The van der Waals surface area contributed by atoms with Crippen molar-refractivity contribution >= 4 is 11.9 Å². The summed E-state index contributed by atoms with van der Waals surface area (Å²) in [6.07, 6.45) is 2.40. The van der Waals surface area contributed by atoms with Crippen molar-refractivity contribution in [2.24, 2.45) is 0 Å². The highest BCUT2D eigenvalue weighted by Crippen LogP contribution is 2.13. The number of carbonyl (C=O) groups is 2. The number of hydrogen-bond acceptors (Lipinski definition) is 3. The molecule has 20 heavy (non-hydrogen) atoms. The van der Waals surface area contributed by atoms with Gasteiger partial charge in [-0.05, 0) is 37.1 Å². The molecule has 1 rings (SSSR count). The third-order valence-electron chi connectivity index (χ3n) is 2.89. The minimum Gasteiger partial charge on any atom is -0.494 e. The van der Waals surface area contributed by atoms with Crippen molar-refractivity contribution in [3.8, 4) is 5.75 Å². The van der Waals surface area contributed by atoms with Crippen LogP contribution in [0.5, 0.6) is 5.75 Å². The van der Waals surface area contributed by atoms with Gasteiger partial charge in [-0.2, -0.15) is 0 Å². The van der Waals surface area contributed by atoms with E-state index in [9.17, 15) is 9.59 Å². The van der Waals surface area contributed by atoms with Gasteiger partial charge in [0, 0.05) is 5.56 Å². The lowest BCUT2D eigenvalue weighted by molar-refractivity contribution is -0.139. The molecule has 1 atom stereocenters. The summed E-state index contributed by atoms with van der Waals surface area (Å²) in [6.45, 7) is 4.45. The second-order valence-corrected chi connectivity index (χ2v) is 4.50. The number of rotatable bonds is 8. The first kappa shape index (κ1) is 16.0. The van der Waals surface area contributed by atoms with E-state index in [1.54, 1.807) is 31.2 Å². The number of amides is 1. The summed E-state index contributed by atoms with van der Waals surface area (Å²) in [4.78, 5) is 22.7. The number of hydrogen-bond donors (Lipinski definition) is 2. The van der Waals surface area contributed by atoms with Crippen LogP contribution in [0, 0.1) is 0 Å². The highest BCUT2D eigenvalue weighted by molar-refractivity contribution is 5.96. The lowest BCUT2D eigenvalue weighted by atomic mass is 10.1. The molecule has 0 aliphatic rings. The maximum atomic E-state index is 11.9. The summed E-state index contributed by atoms with van der Waals surface area (Å²) in [5.41, 5.74) is 0.424. The van der Waals surface area contributed by atoms with Crippen LogP contribution in [0.15, 0.2) is 24.3 Å². The van der Waals surface area contributed by atoms with Crippen LogP contribution in [0.2, 0.25) is 0 Å². The summed E-state index contributed by atoms with van der Waals surface area (Å²) >= 11 is 0. The molecule has 1 aromatic carbocycles. The molecule has 0 radical (unpaired) electrons. The number of carbonyl (C=O) groups excluding carboxylic acids is 1. The standard InChI is InChI=1S/C15H21NO4/c1-3-5-10-20-12-8-6-11(7-9-12)14(17)16-13(4-2)15(18)19/h6-9,13H,3-5,10H2,1-2H3,(H,16,17)(H,18,19). The van der Waals surface area contributed by atoms with Gasteiger partial charge in [0.05, 0.1) is 6.61 Å². The monoisotopic (exact) mass is 279 g/mol. The summed E-state index contributed by atoms with van der Waals surface area (Å²) < 4.78 is 5.50. The first-order chi connectivity index (χ1) is 9.58. The quantitative estimate of drug-likeness (QED) is 0.717. The minimum absolute atomic E-state index is 0.347. The van der Waals surface area contributed by atoms with E-state index < -0.39 is 12.0 Å². The zero-order valence-corrected chi connectivity index (χ0v) is 11.9. The van der Waals surface area contributed by atoms with Crippen molar-refractivity contribution in [2.75, 3.05) is 6.61 Å². The Morgan fingerprint density at radius 1 is 1.25 bits per heavy atom. The normalized spacial score (nSPS) is 11.7. The third-order valence-corrected chi connectivity index (χ3v) is 2.89. The Kier molecular flexibility index (Phi) is 6.56. The largest absolute Gasteiger partial charge is 0.494 e. The fraction of sp³-hybridized carbons (Fsp3) is 0.467. The predicted molar refractivity (Wildman–Crippen MR) is 76.0 cm³/mol. The summed E-state index contributed by atoms with van der Waals surface area (Å²) in [6, 6.07) is 5.83. The van der Waals surface area contributed by atoms with Crippen LogP contribution in [-0.2, 0) is 4.79 Å². The van der Waals surface area contributed by atoms with Gasteiger partial charge in [-0.3, -0.25) is 4.79 Å². The highest BCUT2D eigenvalue weighted by Gasteiger charge is 2.18. The van der Waals surface area contributed by atoms with Gasteiger partial charge in [-0.25, -0.2) is 4.79 Å². The van der Waals surface area contributed by atoms with Crippen LogP contribution in [0.4, 0.5) is 0 Å². The Morgan fingerprint density at radius 3 is 2.40 bits per heavy atom. The van der Waals surface area contributed by atoms with Gasteiger partial charge in [0.15, 0.2) is 0 Å². The molecule has 0 bridgehead atoms. The fourth-order valence-corrected chi connectivity index (χ4v) is 1.62. The van der Waals surface area contributed by atoms with Crippen molar-refractivity contribution in [2.45, 2.75) is 39.2 Å². The summed E-state index contributed by atoms with van der Waals surface area (Å²) in [5.74, 6) is -0.708.